The molecule has 3 nitrogen and oxygen atoms in total. The summed E-state index contributed by atoms with van der Waals surface area (Å²) in [6.45, 7) is 11.5. The molecule has 1 aliphatic carbocycles. The lowest BCUT2D eigenvalue weighted by atomic mass is 10.1. The smallest absolute Gasteiger partial charge is 0.0234 e. The van der Waals surface area contributed by atoms with Crippen molar-refractivity contribution in [3.8, 4) is 0 Å². The van der Waals surface area contributed by atoms with E-state index in [1.807, 2.05) is 0 Å². The number of piperazine rings is 1. The molecule has 116 valence electrons. The monoisotopic (exact) mass is 287 g/mol. The van der Waals surface area contributed by atoms with Crippen LogP contribution in [0, 0.1) is 0 Å². The Balaban J connectivity index is 1.49. The number of hydrogen-bond donors (Lipinski definition) is 1. The number of benzene rings is 1. The Morgan fingerprint density at radius 3 is 2.48 bits per heavy atom. The van der Waals surface area contributed by atoms with E-state index in [1.165, 1.54) is 50.1 Å². The van der Waals surface area contributed by atoms with Gasteiger partial charge in [-0.3, -0.25) is 9.80 Å². The largest absolute Gasteiger partial charge is 0.310 e. The molecule has 2 fully saturated rings. The van der Waals surface area contributed by atoms with Crippen molar-refractivity contribution in [1.82, 2.24) is 15.1 Å². The summed E-state index contributed by atoms with van der Waals surface area (Å²) in [6, 6.07) is 10.5. The molecule has 3 rings (SSSR count). The second kappa shape index (κ2) is 6.91. The Morgan fingerprint density at radius 1 is 1.10 bits per heavy atom. The first kappa shape index (κ1) is 15.0. The van der Waals surface area contributed by atoms with Gasteiger partial charge in [-0.15, -0.1) is 0 Å². The lowest BCUT2D eigenvalue weighted by Crippen LogP contribution is -2.46. The highest BCUT2D eigenvalue weighted by Gasteiger charge is 2.30. The van der Waals surface area contributed by atoms with Crippen LogP contribution in [0.3, 0.4) is 0 Å². The summed E-state index contributed by atoms with van der Waals surface area (Å²) in [5, 5.41) is 3.50. The Kier molecular flexibility index (Phi) is 4.94. The minimum atomic E-state index is 0.546. The number of nitrogens with zero attached hydrogens (tertiary/aromatic N) is 2. The summed E-state index contributed by atoms with van der Waals surface area (Å²) >= 11 is 0. The van der Waals surface area contributed by atoms with E-state index >= 15 is 0 Å². The third-order valence-corrected chi connectivity index (χ3v) is 4.58. The van der Waals surface area contributed by atoms with E-state index in [2.05, 4.69) is 53.2 Å². The highest BCUT2D eigenvalue weighted by atomic mass is 15.3. The zero-order valence-corrected chi connectivity index (χ0v) is 13.5. The summed E-state index contributed by atoms with van der Waals surface area (Å²) in [5.74, 6) is 0. The van der Waals surface area contributed by atoms with E-state index in [-0.39, 0.29) is 0 Å². The van der Waals surface area contributed by atoms with Gasteiger partial charge in [0.15, 0.2) is 0 Å². The molecule has 1 aromatic rings. The Morgan fingerprint density at radius 2 is 1.81 bits per heavy atom. The second-order valence-corrected chi connectivity index (χ2v) is 6.90. The van der Waals surface area contributed by atoms with Crippen LogP contribution in [0.4, 0.5) is 0 Å². The molecule has 0 unspecified atom stereocenters. The molecule has 0 bridgehead atoms. The van der Waals surface area contributed by atoms with Gasteiger partial charge in [0, 0.05) is 51.4 Å². The van der Waals surface area contributed by atoms with Crippen molar-refractivity contribution in [1.29, 1.82) is 0 Å². The van der Waals surface area contributed by atoms with Crippen LogP contribution in [0.2, 0.25) is 0 Å². The van der Waals surface area contributed by atoms with Gasteiger partial charge >= 0.3 is 0 Å². The highest BCUT2D eigenvalue weighted by Crippen LogP contribution is 2.27. The zero-order chi connectivity index (χ0) is 14.7. The average molecular weight is 287 g/mol. The third kappa shape index (κ3) is 4.53. The fourth-order valence-corrected chi connectivity index (χ4v) is 3.14. The fourth-order valence-electron chi connectivity index (χ4n) is 3.14. The van der Waals surface area contributed by atoms with Gasteiger partial charge in [-0.1, -0.05) is 38.1 Å². The van der Waals surface area contributed by atoms with Crippen molar-refractivity contribution < 1.29 is 0 Å². The van der Waals surface area contributed by atoms with Crippen molar-refractivity contribution in [2.45, 2.75) is 51.9 Å². The van der Waals surface area contributed by atoms with E-state index < -0.39 is 0 Å². The Hall–Kier alpha value is -0.900. The zero-order valence-electron chi connectivity index (χ0n) is 13.5. The molecule has 0 atom stereocenters. The topological polar surface area (TPSA) is 18.5 Å². The quantitative estimate of drug-likeness (QED) is 0.867. The van der Waals surface area contributed by atoms with Gasteiger partial charge in [-0.25, -0.2) is 0 Å². The van der Waals surface area contributed by atoms with Crippen LogP contribution in [0.5, 0.6) is 0 Å². The normalized spacial score (nSPS) is 21.1. The van der Waals surface area contributed by atoms with Crippen LogP contribution in [-0.4, -0.2) is 48.1 Å². The van der Waals surface area contributed by atoms with Crippen molar-refractivity contribution in [2.24, 2.45) is 0 Å². The molecule has 0 aromatic heterocycles. The van der Waals surface area contributed by atoms with Crippen LogP contribution >= 0.6 is 0 Å². The Bertz CT molecular complexity index is 446. The van der Waals surface area contributed by atoms with Gasteiger partial charge in [0.25, 0.3) is 0 Å². The molecule has 1 saturated heterocycles. The number of nitrogens with one attached hydrogen (secondary N) is 1. The summed E-state index contributed by atoms with van der Waals surface area (Å²) in [6.07, 6.45) is 2.87. The first-order valence-electron chi connectivity index (χ1n) is 8.48. The second-order valence-electron chi connectivity index (χ2n) is 6.90. The van der Waals surface area contributed by atoms with Crippen LogP contribution in [0.1, 0.15) is 37.8 Å². The summed E-state index contributed by atoms with van der Waals surface area (Å²) < 4.78 is 0. The standard InChI is InChI=1S/C18H29N3/c1-15(2)19-13-16-4-3-5-17(12-16)14-20-8-10-21(11-9-20)18-6-7-18/h3-5,12,15,18-19H,6-11,13-14H2,1-2H3. The van der Waals surface area contributed by atoms with Gasteiger partial charge in [0.1, 0.15) is 0 Å². The van der Waals surface area contributed by atoms with E-state index in [0.717, 1.165) is 19.1 Å². The van der Waals surface area contributed by atoms with Gasteiger partial charge < -0.3 is 5.32 Å². The van der Waals surface area contributed by atoms with Gasteiger partial charge in [-0.05, 0) is 24.0 Å². The van der Waals surface area contributed by atoms with Gasteiger partial charge in [-0.2, -0.15) is 0 Å². The first-order valence-corrected chi connectivity index (χ1v) is 8.48. The van der Waals surface area contributed by atoms with Crippen LogP contribution in [0.15, 0.2) is 24.3 Å². The first-order chi connectivity index (χ1) is 10.2. The maximum Gasteiger partial charge on any atom is 0.0234 e. The summed E-state index contributed by atoms with van der Waals surface area (Å²) in [7, 11) is 0. The molecule has 2 aliphatic rings. The lowest BCUT2D eigenvalue weighted by Gasteiger charge is -2.34. The van der Waals surface area contributed by atoms with Gasteiger partial charge in [0.05, 0.1) is 0 Å². The molecule has 21 heavy (non-hydrogen) atoms. The molecule has 0 amide bonds. The van der Waals surface area contributed by atoms with Crippen molar-refractivity contribution in [3.05, 3.63) is 35.4 Å². The SMILES string of the molecule is CC(C)NCc1cccc(CN2CCN(C3CC3)CC2)c1. The number of hydrogen-bond acceptors (Lipinski definition) is 3. The average Bonchev–Trinajstić information content (AvgIpc) is 3.31. The molecule has 1 heterocycles. The van der Waals surface area contributed by atoms with E-state index in [9.17, 15) is 0 Å². The third-order valence-electron chi connectivity index (χ3n) is 4.58. The summed E-state index contributed by atoms with van der Waals surface area (Å²) in [4.78, 5) is 5.29. The maximum absolute atomic E-state index is 3.50. The fraction of sp³-hybridized carbons (Fsp3) is 0.667. The predicted molar refractivity (Wildman–Crippen MR) is 88.3 cm³/mol. The molecule has 1 N–H and O–H groups in total. The van der Waals surface area contributed by atoms with Gasteiger partial charge in [0.2, 0.25) is 0 Å². The molecule has 0 radical (unpaired) electrons. The van der Waals surface area contributed by atoms with E-state index in [1.54, 1.807) is 0 Å². The minimum absolute atomic E-state index is 0.546. The van der Waals surface area contributed by atoms with Crippen LogP contribution < -0.4 is 5.32 Å². The Labute approximate surface area is 129 Å². The molecule has 1 saturated carbocycles. The molecule has 1 aromatic carbocycles. The molecule has 0 spiro atoms. The number of rotatable bonds is 6. The molecular formula is C18H29N3. The van der Waals surface area contributed by atoms with Crippen LogP contribution in [-0.2, 0) is 13.1 Å². The van der Waals surface area contributed by atoms with E-state index in [4.69, 9.17) is 0 Å². The molecule has 3 heteroatoms. The molecule has 1 aliphatic heterocycles. The maximum atomic E-state index is 3.50. The van der Waals surface area contributed by atoms with Crippen molar-refractivity contribution >= 4 is 0 Å². The minimum Gasteiger partial charge on any atom is -0.310 e. The highest BCUT2D eigenvalue weighted by molar-refractivity contribution is 5.23. The van der Waals surface area contributed by atoms with Crippen LogP contribution in [0.25, 0.3) is 0 Å². The molecular weight excluding hydrogens is 258 g/mol. The summed E-state index contributed by atoms with van der Waals surface area (Å²) in [5.41, 5.74) is 2.86. The van der Waals surface area contributed by atoms with Crippen molar-refractivity contribution in [3.63, 3.8) is 0 Å². The van der Waals surface area contributed by atoms with Crippen molar-refractivity contribution in [2.75, 3.05) is 26.2 Å². The predicted octanol–water partition coefficient (Wildman–Crippen LogP) is 2.46. The van der Waals surface area contributed by atoms with E-state index in [0.29, 0.717) is 6.04 Å². The lowest BCUT2D eigenvalue weighted by molar-refractivity contribution is 0.121.